The number of amides is 2. The number of carbonyl (C=O) groups excluding carboxylic acids is 2. The normalized spacial score (nSPS) is 17.4. The van der Waals surface area contributed by atoms with Gasteiger partial charge in [-0.25, -0.2) is 9.69 Å². The van der Waals surface area contributed by atoms with Crippen molar-refractivity contribution in [3.05, 3.63) is 71.8 Å². The van der Waals surface area contributed by atoms with Gasteiger partial charge in [0.25, 0.3) is 0 Å². The van der Waals surface area contributed by atoms with Gasteiger partial charge in [-0.1, -0.05) is 74.0 Å². The van der Waals surface area contributed by atoms with E-state index in [1.807, 2.05) is 67.6 Å². The average molecular weight is 381 g/mol. The summed E-state index contributed by atoms with van der Waals surface area (Å²) >= 11 is 0. The minimum atomic E-state index is -0.546. The monoisotopic (exact) mass is 381 g/mol. The fourth-order valence-electron chi connectivity index (χ4n) is 3.48. The summed E-state index contributed by atoms with van der Waals surface area (Å²) in [5, 5.41) is 0. The van der Waals surface area contributed by atoms with Crippen LogP contribution in [0.4, 0.5) is 4.79 Å². The van der Waals surface area contributed by atoms with Crippen molar-refractivity contribution in [1.82, 2.24) is 4.90 Å². The summed E-state index contributed by atoms with van der Waals surface area (Å²) in [6.45, 7) is 3.01. The molecule has 0 N–H and O–H groups in total. The zero-order chi connectivity index (χ0) is 19.8. The quantitative estimate of drug-likeness (QED) is 0.653. The van der Waals surface area contributed by atoms with Crippen LogP contribution in [0.1, 0.15) is 30.9 Å². The number of carbonyl (C=O) groups is 2. The van der Waals surface area contributed by atoms with Crippen molar-refractivity contribution in [2.45, 2.75) is 38.8 Å². The molecule has 0 aromatic heterocycles. The minimum Gasteiger partial charge on any atom is -0.447 e. The highest BCUT2D eigenvalue weighted by molar-refractivity contribution is 5.94. The molecule has 28 heavy (non-hydrogen) atoms. The molecule has 0 bridgehead atoms. The van der Waals surface area contributed by atoms with Gasteiger partial charge in [-0.2, -0.15) is 0 Å². The molecule has 1 aliphatic heterocycles. The van der Waals surface area contributed by atoms with Crippen LogP contribution in [-0.4, -0.2) is 36.2 Å². The molecule has 0 radical (unpaired) electrons. The molecule has 5 heteroatoms. The van der Waals surface area contributed by atoms with E-state index < -0.39 is 6.09 Å². The molecule has 1 aliphatic rings. The smallest absolute Gasteiger partial charge is 0.416 e. The summed E-state index contributed by atoms with van der Waals surface area (Å²) in [7, 11) is 0. The second kappa shape index (κ2) is 10.0. The predicted octanol–water partition coefficient (Wildman–Crippen LogP) is 4.21. The summed E-state index contributed by atoms with van der Waals surface area (Å²) < 4.78 is 11.0. The third-order valence-corrected chi connectivity index (χ3v) is 4.93. The predicted molar refractivity (Wildman–Crippen MR) is 107 cm³/mol. The Morgan fingerprint density at radius 3 is 2.39 bits per heavy atom. The highest BCUT2D eigenvalue weighted by Crippen LogP contribution is 2.22. The van der Waals surface area contributed by atoms with Crippen LogP contribution in [0, 0.1) is 5.92 Å². The molecule has 0 unspecified atom stereocenters. The number of rotatable bonds is 9. The Labute approximate surface area is 166 Å². The molecule has 5 nitrogen and oxygen atoms in total. The van der Waals surface area contributed by atoms with Crippen LogP contribution in [0.2, 0.25) is 0 Å². The van der Waals surface area contributed by atoms with Crippen molar-refractivity contribution in [2.24, 2.45) is 5.92 Å². The van der Waals surface area contributed by atoms with Crippen LogP contribution < -0.4 is 0 Å². The average Bonchev–Trinajstić information content (AvgIpc) is 3.08. The lowest BCUT2D eigenvalue weighted by atomic mass is 10.0. The third-order valence-electron chi connectivity index (χ3n) is 4.93. The summed E-state index contributed by atoms with van der Waals surface area (Å²) in [4.78, 5) is 26.7. The molecule has 2 atom stereocenters. The lowest BCUT2D eigenvalue weighted by molar-refractivity contribution is -0.136. The zero-order valence-electron chi connectivity index (χ0n) is 16.3. The second-order valence-electron chi connectivity index (χ2n) is 7.12. The fraction of sp³-hybridized carbons (Fsp3) is 0.391. The largest absolute Gasteiger partial charge is 0.447 e. The summed E-state index contributed by atoms with van der Waals surface area (Å²) in [6.07, 6.45) is 1.57. The Bertz CT molecular complexity index is 763. The van der Waals surface area contributed by atoms with E-state index in [-0.39, 0.29) is 24.5 Å². The molecule has 3 rings (SSSR count). The molecule has 2 aromatic carbocycles. The summed E-state index contributed by atoms with van der Waals surface area (Å²) in [5.41, 5.74) is 2.14. The van der Waals surface area contributed by atoms with Crippen molar-refractivity contribution < 1.29 is 19.1 Å². The number of ether oxygens (including phenoxy) is 2. The van der Waals surface area contributed by atoms with E-state index in [1.165, 1.54) is 4.90 Å². The Kier molecular flexibility index (Phi) is 7.20. The van der Waals surface area contributed by atoms with Gasteiger partial charge in [0, 0.05) is 0 Å². The lowest BCUT2D eigenvalue weighted by Crippen LogP contribution is -2.44. The van der Waals surface area contributed by atoms with Gasteiger partial charge in [0.15, 0.2) is 0 Å². The highest BCUT2D eigenvalue weighted by Gasteiger charge is 2.40. The molecule has 2 amide bonds. The van der Waals surface area contributed by atoms with Crippen molar-refractivity contribution in [1.29, 1.82) is 0 Å². The Hall–Kier alpha value is -2.66. The van der Waals surface area contributed by atoms with Gasteiger partial charge in [0.1, 0.15) is 6.61 Å². The highest BCUT2D eigenvalue weighted by atomic mass is 16.6. The van der Waals surface area contributed by atoms with Crippen molar-refractivity contribution in [3.63, 3.8) is 0 Å². The topological polar surface area (TPSA) is 55.8 Å². The number of hydrogen-bond acceptors (Lipinski definition) is 4. The summed E-state index contributed by atoms with van der Waals surface area (Å²) in [6, 6.07) is 19.4. The molecule has 0 saturated carbocycles. The molecule has 1 saturated heterocycles. The third kappa shape index (κ3) is 5.20. The van der Waals surface area contributed by atoms with Crippen molar-refractivity contribution in [3.8, 4) is 0 Å². The number of imide groups is 1. The minimum absolute atomic E-state index is 0.196. The Balaban J connectivity index is 1.63. The first kappa shape index (κ1) is 20.1. The van der Waals surface area contributed by atoms with Crippen LogP contribution in [0.5, 0.6) is 0 Å². The Morgan fingerprint density at radius 1 is 1.11 bits per heavy atom. The number of nitrogens with zero attached hydrogens (tertiary/aromatic N) is 1. The zero-order valence-corrected chi connectivity index (χ0v) is 16.3. The number of cyclic esters (lactones) is 1. The molecular formula is C23H27NO4. The molecular weight excluding hydrogens is 354 g/mol. The Morgan fingerprint density at radius 2 is 1.75 bits per heavy atom. The van der Waals surface area contributed by atoms with Gasteiger partial charge in [-0.05, 0) is 24.0 Å². The molecule has 1 fully saturated rings. The van der Waals surface area contributed by atoms with Gasteiger partial charge in [-0.15, -0.1) is 0 Å². The van der Waals surface area contributed by atoms with E-state index in [2.05, 4.69) is 0 Å². The van der Waals surface area contributed by atoms with E-state index >= 15 is 0 Å². The van der Waals surface area contributed by atoms with Gasteiger partial charge in [0.2, 0.25) is 5.91 Å². The number of hydrogen-bond donors (Lipinski definition) is 0. The van der Waals surface area contributed by atoms with E-state index in [1.54, 1.807) is 0 Å². The molecule has 0 spiro atoms. The first-order valence-electron chi connectivity index (χ1n) is 9.84. The second-order valence-corrected chi connectivity index (χ2v) is 7.12. The standard InChI is InChI=1S/C23H27NO4/c1-2-9-20(16-27-15-19-12-7-4-8-13-19)22(25)24-21(17-28-23(24)26)14-18-10-5-3-6-11-18/h3-8,10-13,20-21H,2,9,14-17H2,1H3/t20-,21-/m0/s1. The van der Waals surface area contributed by atoms with Crippen LogP contribution in [0.15, 0.2) is 60.7 Å². The van der Waals surface area contributed by atoms with Crippen molar-refractivity contribution in [2.75, 3.05) is 13.2 Å². The molecule has 0 aliphatic carbocycles. The molecule has 1 heterocycles. The lowest BCUT2D eigenvalue weighted by Gasteiger charge is -2.25. The van der Waals surface area contributed by atoms with Gasteiger partial charge >= 0.3 is 6.09 Å². The van der Waals surface area contributed by atoms with Gasteiger partial charge < -0.3 is 9.47 Å². The number of benzene rings is 2. The summed E-state index contributed by atoms with van der Waals surface area (Å²) in [5.74, 6) is -0.545. The van der Waals surface area contributed by atoms with E-state index in [9.17, 15) is 9.59 Å². The van der Waals surface area contributed by atoms with E-state index in [0.29, 0.717) is 26.1 Å². The van der Waals surface area contributed by atoms with Gasteiger partial charge in [0.05, 0.1) is 25.2 Å². The van der Waals surface area contributed by atoms with Crippen LogP contribution in [-0.2, 0) is 27.3 Å². The van der Waals surface area contributed by atoms with Gasteiger partial charge in [-0.3, -0.25) is 4.79 Å². The first-order chi connectivity index (χ1) is 13.7. The first-order valence-corrected chi connectivity index (χ1v) is 9.84. The van der Waals surface area contributed by atoms with Crippen LogP contribution in [0.3, 0.4) is 0 Å². The fourth-order valence-corrected chi connectivity index (χ4v) is 3.48. The SMILES string of the molecule is CCC[C@@H](COCc1ccccc1)C(=O)N1C(=O)OC[C@@H]1Cc1ccccc1. The van der Waals surface area contributed by atoms with E-state index in [0.717, 1.165) is 17.5 Å². The van der Waals surface area contributed by atoms with Crippen LogP contribution in [0.25, 0.3) is 0 Å². The van der Waals surface area contributed by atoms with Crippen molar-refractivity contribution >= 4 is 12.0 Å². The maximum absolute atomic E-state index is 13.1. The maximum atomic E-state index is 13.1. The molecule has 148 valence electrons. The van der Waals surface area contributed by atoms with E-state index in [4.69, 9.17) is 9.47 Å². The molecule has 2 aromatic rings. The maximum Gasteiger partial charge on any atom is 0.416 e. The van der Waals surface area contributed by atoms with Crippen LogP contribution >= 0.6 is 0 Å².